The number of allylic oxidation sites excluding steroid dienone is 1. The van der Waals surface area contributed by atoms with Crippen LogP contribution >= 0.6 is 0 Å². The van der Waals surface area contributed by atoms with Gasteiger partial charge in [-0.3, -0.25) is 9.29 Å². The lowest BCUT2D eigenvalue weighted by Crippen LogP contribution is -2.41. The Kier molecular flexibility index (Phi) is 9.48. The molecule has 2 heterocycles. The van der Waals surface area contributed by atoms with Gasteiger partial charge in [-0.05, 0) is 45.7 Å². The molecule has 2 atom stereocenters. The number of aliphatic imine (C=N–C) groups is 2. The molecule has 0 saturated heterocycles. The Morgan fingerprint density at radius 2 is 1.85 bits per heavy atom. The van der Waals surface area contributed by atoms with Crippen LogP contribution in [0.15, 0.2) is 58.2 Å². The third-order valence-electron chi connectivity index (χ3n) is 5.49. The van der Waals surface area contributed by atoms with Crippen LogP contribution in [0.2, 0.25) is 0 Å². The van der Waals surface area contributed by atoms with Crippen molar-refractivity contribution in [1.29, 1.82) is 0 Å². The molecule has 0 radical (unpaired) electrons. The molecule has 39 heavy (non-hydrogen) atoms. The van der Waals surface area contributed by atoms with E-state index < -0.39 is 27.2 Å². The first kappa shape index (κ1) is 29.4. The minimum atomic E-state index is -4.26. The Morgan fingerprint density at radius 3 is 2.46 bits per heavy atom. The normalized spacial score (nSPS) is 13.4. The van der Waals surface area contributed by atoms with E-state index in [4.69, 9.17) is 14.2 Å². The molecule has 12 nitrogen and oxygen atoms in total. The number of aromatic nitrogens is 4. The maximum absolute atomic E-state index is 15.3. The van der Waals surface area contributed by atoms with Crippen molar-refractivity contribution in [3.05, 3.63) is 54.0 Å². The molecule has 0 amide bonds. The summed E-state index contributed by atoms with van der Waals surface area (Å²) >= 11 is 0. The van der Waals surface area contributed by atoms with E-state index in [2.05, 4.69) is 36.6 Å². The zero-order valence-corrected chi connectivity index (χ0v) is 23.2. The van der Waals surface area contributed by atoms with Gasteiger partial charge in [0.2, 0.25) is 21.9 Å². The van der Waals surface area contributed by atoms with Gasteiger partial charge in [-0.15, -0.1) is 10.2 Å². The van der Waals surface area contributed by atoms with Crippen molar-refractivity contribution in [3.63, 3.8) is 0 Å². The first-order valence-corrected chi connectivity index (χ1v) is 13.1. The fourth-order valence-corrected chi connectivity index (χ4v) is 4.68. The number of ether oxygens (including phenoxy) is 3. The zero-order valence-electron chi connectivity index (χ0n) is 22.4. The van der Waals surface area contributed by atoms with Gasteiger partial charge in [0.1, 0.15) is 28.5 Å². The zero-order chi connectivity index (χ0) is 28.7. The van der Waals surface area contributed by atoms with E-state index in [-0.39, 0.29) is 40.6 Å². The van der Waals surface area contributed by atoms with Crippen molar-refractivity contribution in [3.8, 4) is 28.8 Å². The van der Waals surface area contributed by atoms with Crippen LogP contribution in [-0.2, 0) is 14.8 Å². The molecular formula is C25H30FN7O5S. The summed E-state index contributed by atoms with van der Waals surface area (Å²) in [5.74, 6) is -0.558. The van der Waals surface area contributed by atoms with E-state index in [0.29, 0.717) is 0 Å². The Morgan fingerprint density at radius 1 is 1.13 bits per heavy atom. The lowest BCUT2D eigenvalue weighted by molar-refractivity contribution is 0.154. The first-order valence-electron chi connectivity index (χ1n) is 11.6. The number of halogens is 1. The Labute approximate surface area is 226 Å². The van der Waals surface area contributed by atoms with Crippen molar-refractivity contribution < 1.29 is 27.0 Å². The number of hydrogen-bond acceptors (Lipinski definition) is 9. The van der Waals surface area contributed by atoms with Crippen LogP contribution in [0.25, 0.3) is 17.2 Å². The molecule has 0 aliphatic heterocycles. The Bertz CT molecular complexity index is 1500. The lowest BCUT2D eigenvalue weighted by Gasteiger charge is -2.23. The average Bonchev–Trinajstić information content (AvgIpc) is 3.32. The second-order valence-electron chi connectivity index (χ2n) is 8.40. The van der Waals surface area contributed by atoms with E-state index in [1.807, 2.05) is 13.8 Å². The monoisotopic (exact) mass is 559 g/mol. The highest BCUT2D eigenvalue weighted by Gasteiger charge is 2.35. The minimum absolute atomic E-state index is 0.0320. The SMILES string of the molecule is C=N/C(=N\C=C(C)C)[C@@H](OC)[C@H](C)S(=O)(=O)Nc1nnc(-c2cccc(OC)n2)n1-c1c(F)cccc1OC. The van der Waals surface area contributed by atoms with Gasteiger partial charge in [0.25, 0.3) is 0 Å². The van der Waals surface area contributed by atoms with Gasteiger partial charge in [0.15, 0.2) is 17.5 Å². The number of sulfonamides is 1. The van der Waals surface area contributed by atoms with E-state index in [1.165, 1.54) is 57.2 Å². The van der Waals surface area contributed by atoms with Gasteiger partial charge in [-0.1, -0.05) is 17.7 Å². The number of nitrogens with one attached hydrogen (secondary N) is 1. The highest BCUT2D eigenvalue weighted by Crippen LogP contribution is 2.33. The summed E-state index contributed by atoms with van der Waals surface area (Å²) in [7, 11) is -0.127. The number of nitrogens with zero attached hydrogens (tertiary/aromatic N) is 6. The number of anilines is 1. The summed E-state index contributed by atoms with van der Waals surface area (Å²) in [4.78, 5) is 12.4. The third kappa shape index (κ3) is 6.46. The number of benzene rings is 1. The van der Waals surface area contributed by atoms with Crippen LogP contribution in [0.3, 0.4) is 0 Å². The molecular weight excluding hydrogens is 529 g/mol. The van der Waals surface area contributed by atoms with Gasteiger partial charge < -0.3 is 14.2 Å². The highest BCUT2D eigenvalue weighted by atomic mass is 32.2. The fourth-order valence-electron chi connectivity index (χ4n) is 3.55. The molecule has 0 aliphatic rings. The second-order valence-corrected chi connectivity index (χ2v) is 10.4. The number of para-hydroxylation sites is 1. The molecule has 0 fully saturated rings. The summed E-state index contributed by atoms with van der Waals surface area (Å²) in [5.41, 5.74) is 0.981. The molecule has 3 rings (SSSR count). The molecule has 0 unspecified atom stereocenters. The largest absolute Gasteiger partial charge is 0.494 e. The van der Waals surface area contributed by atoms with Gasteiger partial charge in [0.05, 0.1) is 14.2 Å². The van der Waals surface area contributed by atoms with Crippen LogP contribution in [0, 0.1) is 5.82 Å². The van der Waals surface area contributed by atoms with Gasteiger partial charge >= 0.3 is 0 Å². The van der Waals surface area contributed by atoms with E-state index >= 15 is 4.39 Å². The van der Waals surface area contributed by atoms with Crippen LogP contribution in [0.1, 0.15) is 20.8 Å². The summed E-state index contributed by atoms with van der Waals surface area (Å²) in [5, 5.41) is 6.91. The average molecular weight is 560 g/mol. The number of rotatable bonds is 11. The van der Waals surface area contributed by atoms with Gasteiger partial charge in [-0.2, -0.15) is 0 Å². The van der Waals surface area contributed by atoms with Crippen molar-refractivity contribution in [1.82, 2.24) is 19.7 Å². The van der Waals surface area contributed by atoms with Crippen LogP contribution in [0.4, 0.5) is 10.3 Å². The van der Waals surface area contributed by atoms with E-state index in [1.54, 1.807) is 18.2 Å². The molecule has 0 saturated carbocycles. The summed E-state index contributed by atoms with van der Waals surface area (Å²) in [6, 6.07) is 9.04. The van der Waals surface area contributed by atoms with Gasteiger partial charge in [0, 0.05) is 19.4 Å². The smallest absolute Gasteiger partial charge is 0.243 e. The summed E-state index contributed by atoms with van der Waals surface area (Å²) in [6.45, 7) is 8.55. The van der Waals surface area contributed by atoms with Crippen LogP contribution in [-0.4, -0.2) is 73.4 Å². The molecule has 2 aromatic heterocycles. The third-order valence-corrected chi connectivity index (χ3v) is 7.19. The van der Waals surface area contributed by atoms with Crippen LogP contribution in [0.5, 0.6) is 11.6 Å². The fraction of sp³-hybridized carbons (Fsp3) is 0.320. The van der Waals surface area contributed by atoms with Crippen molar-refractivity contribution >= 4 is 28.5 Å². The molecule has 1 aromatic carbocycles. The highest BCUT2D eigenvalue weighted by molar-refractivity contribution is 7.93. The van der Waals surface area contributed by atoms with Crippen molar-refractivity contribution in [2.45, 2.75) is 32.1 Å². The quantitative estimate of drug-likeness (QED) is 0.277. The predicted octanol–water partition coefficient (Wildman–Crippen LogP) is 3.65. The standard InChI is InChI=1S/C25H30FN7O5S/c1-15(2)14-28-23(27-4)22(38-7)16(3)39(34,35)32-25-31-30-24(18-11-9-13-20(29-18)37-6)33(25)21-17(26)10-8-12-19(21)36-5/h8-14,16,22H,4H2,1-3,5-7H3,(H,31,32)/b28-23-/t16-,22-/m0/s1. The molecule has 0 aliphatic carbocycles. The first-order chi connectivity index (χ1) is 18.6. The van der Waals surface area contributed by atoms with Crippen LogP contribution < -0.4 is 14.2 Å². The lowest BCUT2D eigenvalue weighted by atomic mass is 10.2. The van der Waals surface area contributed by atoms with Crippen molar-refractivity contribution in [2.75, 3.05) is 26.1 Å². The molecule has 3 aromatic rings. The topological polar surface area (TPSA) is 142 Å². The number of amidine groups is 1. The van der Waals surface area contributed by atoms with Gasteiger partial charge in [-0.25, -0.2) is 27.8 Å². The van der Waals surface area contributed by atoms with Crippen molar-refractivity contribution in [2.24, 2.45) is 9.98 Å². The summed E-state index contributed by atoms with van der Waals surface area (Å²) < 4.78 is 62.0. The molecule has 14 heteroatoms. The maximum Gasteiger partial charge on any atom is 0.243 e. The number of pyridine rings is 1. The summed E-state index contributed by atoms with van der Waals surface area (Å²) in [6.07, 6.45) is 0.437. The van der Waals surface area contributed by atoms with E-state index in [9.17, 15) is 8.42 Å². The maximum atomic E-state index is 15.3. The molecule has 208 valence electrons. The molecule has 0 bridgehead atoms. The molecule has 0 spiro atoms. The number of hydrogen-bond donors (Lipinski definition) is 1. The predicted molar refractivity (Wildman–Crippen MR) is 147 cm³/mol. The Balaban J connectivity index is 2.17. The number of methoxy groups -OCH3 is 3. The van der Waals surface area contributed by atoms with E-state index in [0.717, 1.165) is 5.57 Å². The minimum Gasteiger partial charge on any atom is -0.494 e. The molecule has 1 N–H and O–H groups in total. The second kappa shape index (κ2) is 12.6. The Hall–Kier alpha value is -4.17.